The molecule has 0 aromatic heterocycles. The summed E-state index contributed by atoms with van der Waals surface area (Å²) < 4.78 is 5.18. The average Bonchev–Trinajstić information content (AvgIpc) is 2.69. The van der Waals surface area contributed by atoms with E-state index >= 15 is 0 Å². The fourth-order valence-corrected chi connectivity index (χ4v) is 2.76. The molecule has 1 aromatic rings. The second kappa shape index (κ2) is 7.29. The molecule has 1 saturated carbocycles. The first-order valence-electron chi connectivity index (χ1n) is 7.37. The zero-order chi connectivity index (χ0) is 14.4. The van der Waals surface area contributed by atoms with Crippen LogP contribution in [0.15, 0.2) is 24.3 Å². The molecule has 0 spiro atoms. The first kappa shape index (κ1) is 14.9. The van der Waals surface area contributed by atoms with E-state index in [1.165, 1.54) is 6.42 Å². The molecular formula is C16H24N2O2. The molecule has 0 aliphatic heterocycles. The monoisotopic (exact) mass is 276 g/mol. The summed E-state index contributed by atoms with van der Waals surface area (Å²) >= 11 is 0. The zero-order valence-corrected chi connectivity index (χ0v) is 12.1. The van der Waals surface area contributed by atoms with Crippen molar-refractivity contribution in [3.8, 4) is 5.75 Å². The minimum Gasteiger partial charge on any atom is -0.497 e. The molecular weight excluding hydrogens is 252 g/mol. The highest BCUT2D eigenvalue weighted by Gasteiger charge is 2.26. The molecule has 110 valence electrons. The summed E-state index contributed by atoms with van der Waals surface area (Å²) in [6.45, 7) is 0.527. The molecule has 0 saturated heterocycles. The molecule has 0 heterocycles. The zero-order valence-electron chi connectivity index (χ0n) is 12.1. The molecule has 2 unspecified atom stereocenters. The predicted octanol–water partition coefficient (Wildman–Crippen LogP) is 2.22. The van der Waals surface area contributed by atoms with E-state index < -0.39 is 0 Å². The van der Waals surface area contributed by atoms with Crippen LogP contribution in [0.3, 0.4) is 0 Å². The van der Waals surface area contributed by atoms with Crippen LogP contribution < -0.4 is 15.8 Å². The summed E-state index contributed by atoms with van der Waals surface area (Å²) in [5, 5.41) is 3.00. The Bertz CT molecular complexity index is 448. The highest BCUT2D eigenvalue weighted by molar-refractivity contribution is 5.79. The molecule has 1 amide bonds. The van der Waals surface area contributed by atoms with Crippen LogP contribution in [0.2, 0.25) is 0 Å². The third kappa shape index (κ3) is 3.97. The van der Waals surface area contributed by atoms with Crippen LogP contribution in [0, 0.1) is 5.92 Å². The van der Waals surface area contributed by atoms with Gasteiger partial charge in [-0.3, -0.25) is 4.79 Å². The molecule has 1 fully saturated rings. The highest BCUT2D eigenvalue weighted by atomic mass is 16.5. The number of hydrogen-bond acceptors (Lipinski definition) is 3. The smallest absolute Gasteiger partial charge is 0.224 e. The Kier molecular flexibility index (Phi) is 5.41. The van der Waals surface area contributed by atoms with E-state index in [1.54, 1.807) is 7.11 Å². The minimum absolute atomic E-state index is 0.00260. The summed E-state index contributed by atoms with van der Waals surface area (Å²) in [6.07, 6.45) is 5.29. The van der Waals surface area contributed by atoms with Gasteiger partial charge >= 0.3 is 0 Å². The summed E-state index contributed by atoms with van der Waals surface area (Å²) in [7, 11) is 1.64. The lowest BCUT2D eigenvalue weighted by atomic mass is 9.94. The van der Waals surface area contributed by atoms with Gasteiger partial charge in [0.05, 0.1) is 13.0 Å². The molecule has 4 nitrogen and oxygen atoms in total. The van der Waals surface area contributed by atoms with Gasteiger partial charge in [0.15, 0.2) is 0 Å². The summed E-state index contributed by atoms with van der Waals surface area (Å²) in [4.78, 5) is 12.3. The van der Waals surface area contributed by atoms with Crippen molar-refractivity contribution < 1.29 is 9.53 Å². The van der Waals surface area contributed by atoms with Gasteiger partial charge in [-0.05, 0) is 30.5 Å². The Balaban J connectivity index is 1.90. The maximum absolute atomic E-state index is 12.3. The first-order valence-corrected chi connectivity index (χ1v) is 7.37. The second-order valence-corrected chi connectivity index (χ2v) is 5.48. The van der Waals surface area contributed by atoms with Gasteiger partial charge in [-0.2, -0.15) is 0 Å². The van der Waals surface area contributed by atoms with E-state index in [0.717, 1.165) is 37.0 Å². The second-order valence-electron chi connectivity index (χ2n) is 5.48. The number of nitrogens with one attached hydrogen (secondary N) is 1. The van der Waals surface area contributed by atoms with Gasteiger partial charge in [0.25, 0.3) is 0 Å². The van der Waals surface area contributed by atoms with Gasteiger partial charge in [-0.25, -0.2) is 0 Å². The quantitative estimate of drug-likeness (QED) is 0.829. The normalized spacial score (nSPS) is 22.9. The van der Waals surface area contributed by atoms with Crippen molar-refractivity contribution in [1.29, 1.82) is 0 Å². The topological polar surface area (TPSA) is 64.3 Å². The van der Waals surface area contributed by atoms with Crippen molar-refractivity contribution in [2.75, 3.05) is 7.11 Å². The van der Waals surface area contributed by atoms with E-state index in [4.69, 9.17) is 10.5 Å². The standard InChI is InChI=1S/C16H24N2O2/c1-20-13-7-5-6-12(10-13)11-18-16(19)14-8-3-2-4-9-15(14)17/h5-7,10,14-15H,2-4,8-9,11,17H2,1H3,(H,18,19). The molecule has 1 aromatic carbocycles. The molecule has 1 aliphatic rings. The SMILES string of the molecule is COc1cccc(CNC(=O)C2CCCCCC2N)c1. The van der Waals surface area contributed by atoms with Crippen LogP contribution in [0.5, 0.6) is 5.75 Å². The number of amides is 1. The fourth-order valence-electron chi connectivity index (χ4n) is 2.76. The number of carbonyl (C=O) groups excluding carboxylic acids is 1. The third-order valence-electron chi connectivity index (χ3n) is 4.01. The van der Waals surface area contributed by atoms with Gasteiger partial charge in [-0.1, -0.05) is 31.4 Å². The van der Waals surface area contributed by atoms with Crippen LogP contribution in [0.25, 0.3) is 0 Å². The summed E-state index contributed by atoms with van der Waals surface area (Å²) in [5.74, 6) is 0.855. The van der Waals surface area contributed by atoms with Crippen molar-refractivity contribution >= 4 is 5.91 Å². The Labute approximate surface area is 120 Å². The lowest BCUT2D eigenvalue weighted by molar-refractivity contribution is -0.126. The summed E-state index contributed by atoms with van der Waals surface area (Å²) in [6, 6.07) is 7.75. The largest absolute Gasteiger partial charge is 0.497 e. The lowest BCUT2D eigenvalue weighted by Gasteiger charge is -2.20. The van der Waals surface area contributed by atoms with Crippen molar-refractivity contribution in [2.24, 2.45) is 11.7 Å². The van der Waals surface area contributed by atoms with Gasteiger partial charge < -0.3 is 15.8 Å². The number of nitrogens with two attached hydrogens (primary N) is 1. The van der Waals surface area contributed by atoms with Gasteiger partial charge in [0, 0.05) is 12.6 Å². The number of carbonyl (C=O) groups is 1. The van der Waals surface area contributed by atoms with Crippen LogP contribution in [0.4, 0.5) is 0 Å². The number of benzene rings is 1. The van der Waals surface area contributed by atoms with E-state index in [0.29, 0.717) is 6.54 Å². The van der Waals surface area contributed by atoms with Crippen molar-refractivity contribution in [1.82, 2.24) is 5.32 Å². The molecule has 20 heavy (non-hydrogen) atoms. The minimum atomic E-state index is -0.0388. The number of ether oxygens (including phenoxy) is 1. The Morgan fingerprint density at radius 2 is 2.15 bits per heavy atom. The first-order chi connectivity index (χ1) is 9.70. The van der Waals surface area contributed by atoms with E-state index in [1.807, 2.05) is 24.3 Å². The number of rotatable bonds is 4. The van der Waals surface area contributed by atoms with Crippen LogP contribution in [-0.4, -0.2) is 19.1 Å². The molecule has 2 atom stereocenters. The van der Waals surface area contributed by atoms with E-state index in [-0.39, 0.29) is 17.9 Å². The third-order valence-corrected chi connectivity index (χ3v) is 4.01. The highest BCUT2D eigenvalue weighted by Crippen LogP contribution is 2.22. The Morgan fingerprint density at radius 3 is 2.95 bits per heavy atom. The van der Waals surface area contributed by atoms with Crippen LogP contribution in [-0.2, 0) is 11.3 Å². The van der Waals surface area contributed by atoms with Crippen LogP contribution in [0.1, 0.15) is 37.7 Å². The van der Waals surface area contributed by atoms with Gasteiger partial charge in [-0.15, -0.1) is 0 Å². The van der Waals surface area contributed by atoms with E-state index in [9.17, 15) is 4.79 Å². The maximum atomic E-state index is 12.3. The van der Waals surface area contributed by atoms with Gasteiger partial charge in [0.2, 0.25) is 5.91 Å². The van der Waals surface area contributed by atoms with Gasteiger partial charge in [0.1, 0.15) is 5.75 Å². The number of hydrogen-bond donors (Lipinski definition) is 2. The van der Waals surface area contributed by atoms with Crippen LogP contribution >= 0.6 is 0 Å². The van der Waals surface area contributed by atoms with Crippen molar-refractivity contribution in [2.45, 2.75) is 44.7 Å². The molecule has 4 heteroatoms. The van der Waals surface area contributed by atoms with Crippen molar-refractivity contribution in [3.63, 3.8) is 0 Å². The molecule has 3 N–H and O–H groups in total. The molecule has 2 rings (SSSR count). The molecule has 1 aliphatic carbocycles. The maximum Gasteiger partial charge on any atom is 0.224 e. The molecule has 0 bridgehead atoms. The summed E-state index contributed by atoms with van der Waals surface area (Å²) in [5.41, 5.74) is 7.16. The van der Waals surface area contributed by atoms with Crippen molar-refractivity contribution in [3.05, 3.63) is 29.8 Å². The molecule has 0 radical (unpaired) electrons. The van der Waals surface area contributed by atoms with E-state index in [2.05, 4.69) is 5.32 Å². The number of methoxy groups -OCH3 is 1. The lowest BCUT2D eigenvalue weighted by Crippen LogP contribution is -2.41. The Morgan fingerprint density at radius 1 is 1.35 bits per heavy atom. The predicted molar refractivity (Wildman–Crippen MR) is 79.4 cm³/mol. The Hall–Kier alpha value is -1.55. The average molecular weight is 276 g/mol. The fraction of sp³-hybridized carbons (Fsp3) is 0.562.